The molecule has 0 saturated carbocycles. The number of carbonyl (C=O) groups is 2. The van der Waals surface area contributed by atoms with Crippen LogP contribution in [0.1, 0.15) is 84.5 Å². The summed E-state index contributed by atoms with van der Waals surface area (Å²) in [6.07, 6.45) is 11.8. The Morgan fingerprint density at radius 1 is 0.870 bits per heavy atom. The maximum Gasteiger partial charge on any atom is 0.314 e. The third-order valence-electron chi connectivity index (χ3n) is 4.20. The first-order chi connectivity index (χ1) is 11.0. The van der Waals surface area contributed by atoms with E-state index in [2.05, 4.69) is 18.6 Å². The van der Waals surface area contributed by atoms with Crippen molar-refractivity contribution in [3.63, 3.8) is 0 Å². The summed E-state index contributed by atoms with van der Waals surface area (Å²) in [7, 11) is 3.49. The van der Waals surface area contributed by atoms with Gasteiger partial charge in [0.05, 0.1) is 12.8 Å². The molecule has 1 rings (SSSR count). The predicted molar refractivity (Wildman–Crippen MR) is 90.0 cm³/mol. The molecule has 5 nitrogen and oxygen atoms in total. The average molecular weight is 330 g/mol. The van der Waals surface area contributed by atoms with Crippen molar-refractivity contribution < 1.29 is 23.8 Å². The molecule has 1 saturated heterocycles. The van der Waals surface area contributed by atoms with E-state index in [4.69, 9.17) is 9.47 Å². The van der Waals surface area contributed by atoms with Gasteiger partial charge in [-0.15, -0.1) is 0 Å². The van der Waals surface area contributed by atoms with Gasteiger partial charge in [0.1, 0.15) is 0 Å². The van der Waals surface area contributed by atoms with Gasteiger partial charge in [-0.1, -0.05) is 52.4 Å². The van der Waals surface area contributed by atoms with Gasteiger partial charge in [0.2, 0.25) is 0 Å². The molecule has 0 radical (unpaired) electrons. The minimum absolute atomic E-state index is 0.263. The van der Waals surface area contributed by atoms with E-state index in [0.29, 0.717) is 0 Å². The second kappa shape index (κ2) is 13.5. The first-order valence-electron chi connectivity index (χ1n) is 8.87. The van der Waals surface area contributed by atoms with Crippen LogP contribution in [0.25, 0.3) is 0 Å². The van der Waals surface area contributed by atoms with Gasteiger partial charge in [0.25, 0.3) is 0 Å². The highest BCUT2D eigenvalue weighted by atomic mass is 16.7. The van der Waals surface area contributed by atoms with Gasteiger partial charge in [-0.25, -0.2) is 0 Å². The van der Waals surface area contributed by atoms with Crippen molar-refractivity contribution in [2.24, 2.45) is 0 Å². The van der Waals surface area contributed by atoms with Crippen molar-refractivity contribution in [1.29, 1.82) is 0 Å². The highest BCUT2D eigenvalue weighted by molar-refractivity contribution is 5.92. The zero-order chi connectivity index (χ0) is 17.6. The summed E-state index contributed by atoms with van der Waals surface area (Å²) in [6.45, 7) is 4.38. The Kier molecular flexibility index (Phi) is 12.9. The van der Waals surface area contributed by atoms with Crippen LogP contribution in [-0.2, 0) is 23.8 Å². The van der Waals surface area contributed by atoms with Gasteiger partial charge < -0.3 is 14.2 Å². The van der Waals surface area contributed by atoms with E-state index >= 15 is 0 Å². The van der Waals surface area contributed by atoms with Crippen LogP contribution in [0.5, 0.6) is 0 Å². The summed E-state index contributed by atoms with van der Waals surface area (Å²) in [4.78, 5) is 20.0. The van der Waals surface area contributed by atoms with Crippen molar-refractivity contribution in [3.8, 4) is 0 Å². The number of carbonyl (C=O) groups excluding carboxylic acids is 2. The van der Waals surface area contributed by atoms with Crippen LogP contribution in [0.15, 0.2) is 0 Å². The largest absolute Gasteiger partial charge is 0.393 e. The molecule has 136 valence electrons. The van der Waals surface area contributed by atoms with Gasteiger partial charge in [-0.05, 0) is 12.8 Å². The monoisotopic (exact) mass is 330 g/mol. The third kappa shape index (κ3) is 10.4. The van der Waals surface area contributed by atoms with E-state index in [-0.39, 0.29) is 18.6 Å². The molecular formula is C18H34O5. The second-order valence-electron chi connectivity index (χ2n) is 5.89. The summed E-state index contributed by atoms with van der Waals surface area (Å²) in [6, 6.07) is 0. The van der Waals surface area contributed by atoms with Crippen molar-refractivity contribution in [2.45, 2.75) is 90.3 Å². The van der Waals surface area contributed by atoms with E-state index in [1.54, 1.807) is 14.2 Å². The smallest absolute Gasteiger partial charge is 0.314 e. The molecule has 0 atom stereocenters. The molecule has 1 fully saturated rings. The summed E-state index contributed by atoms with van der Waals surface area (Å²) < 4.78 is 15.0. The van der Waals surface area contributed by atoms with Gasteiger partial charge in [-0.2, -0.15) is 0 Å². The number of hydrogen-bond donors (Lipinski definition) is 0. The van der Waals surface area contributed by atoms with Crippen LogP contribution < -0.4 is 0 Å². The lowest BCUT2D eigenvalue weighted by Crippen LogP contribution is -2.32. The first-order valence-corrected chi connectivity index (χ1v) is 8.87. The fourth-order valence-corrected chi connectivity index (χ4v) is 2.54. The first kappa shape index (κ1) is 22.1. The Bertz CT molecular complexity index is 301. The molecule has 0 aliphatic carbocycles. The number of ether oxygens (including phenoxy) is 3. The van der Waals surface area contributed by atoms with Crippen molar-refractivity contribution in [1.82, 2.24) is 0 Å². The molecule has 0 spiro atoms. The molecule has 0 unspecified atom stereocenters. The summed E-state index contributed by atoms with van der Waals surface area (Å²) in [5.41, 5.74) is 0. The van der Waals surface area contributed by atoms with Crippen molar-refractivity contribution in [3.05, 3.63) is 0 Å². The van der Waals surface area contributed by atoms with Crippen molar-refractivity contribution >= 4 is 11.9 Å². The van der Waals surface area contributed by atoms with Gasteiger partial charge in [-0.3, -0.25) is 9.59 Å². The van der Waals surface area contributed by atoms with Gasteiger partial charge in [0, 0.05) is 20.6 Å². The minimum Gasteiger partial charge on any atom is -0.393 e. The van der Waals surface area contributed by atoms with Crippen LogP contribution in [0, 0.1) is 0 Å². The minimum atomic E-state index is -0.398. The predicted octanol–water partition coefficient (Wildman–Crippen LogP) is 4.38. The second-order valence-corrected chi connectivity index (χ2v) is 5.89. The Morgan fingerprint density at radius 3 is 1.70 bits per heavy atom. The van der Waals surface area contributed by atoms with Crippen LogP contribution in [0.3, 0.4) is 0 Å². The molecule has 1 heterocycles. The molecule has 0 N–H and O–H groups in total. The molecule has 5 heteroatoms. The Morgan fingerprint density at radius 2 is 1.35 bits per heavy atom. The summed E-state index contributed by atoms with van der Waals surface area (Å²) in [5, 5.41) is 0. The average Bonchev–Trinajstić information content (AvgIpc) is 2.95. The van der Waals surface area contributed by atoms with Gasteiger partial charge in [0.15, 0.2) is 5.79 Å². The normalized spacial score (nSPS) is 14.4. The molecule has 0 aromatic heterocycles. The number of esters is 2. The standard InChI is InChI=1S/C14H30O2.C4H4O3/c1-5-7-8-9-10-11-12-13-14(6-2,15-3)16-4;5-3-1-2-4(6)7-3/h5-13H2,1-4H3;1-2H2. The van der Waals surface area contributed by atoms with Gasteiger partial charge >= 0.3 is 11.9 Å². The summed E-state index contributed by atoms with van der Waals surface area (Å²) in [5.74, 6) is -1.13. The highest BCUT2D eigenvalue weighted by Gasteiger charge is 2.25. The SMILES string of the molecule is CCCCCCCCCC(CC)(OC)OC.O=C1CCC(=O)O1. The van der Waals surface area contributed by atoms with Crippen LogP contribution in [0.4, 0.5) is 0 Å². The number of cyclic esters (lactones) is 2. The fourth-order valence-electron chi connectivity index (χ4n) is 2.54. The Balaban J connectivity index is 0.000000568. The van der Waals surface area contributed by atoms with Crippen molar-refractivity contribution in [2.75, 3.05) is 14.2 Å². The lowest BCUT2D eigenvalue weighted by atomic mass is 10.0. The van der Waals surface area contributed by atoms with E-state index < -0.39 is 11.9 Å². The number of rotatable bonds is 11. The van der Waals surface area contributed by atoms with Crippen LogP contribution in [-0.4, -0.2) is 31.9 Å². The van der Waals surface area contributed by atoms with Crippen LogP contribution in [0.2, 0.25) is 0 Å². The number of hydrogen-bond acceptors (Lipinski definition) is 5. The molecule has 0 bridgehead atoms. The number of unbranched alkanes of at least 4 members (excludes halogenated alkanes) is 6. The summed E-state index contributed by atoms with van der Waals surface area (Å²) >= 11 is 0. The lowest BCUT2D eigenvalue weighted by Gasteiger charge is -2.29. The topological polar surface area (TPSA) is 61.8 Å². The van der Waals surface area contributed by atoms with E-state index in [1.807, 2.05) is 0 Å². The molecule has 0 aromatic carbocycles. The zero-order valence-corrected chi connectivity index (χ0v) is 15.3. The van der Waals surface area contributed by atoms with E-state index in [9.17, 15) is 9.59 Å². The highest BCUT2D eigenvalue weighted by Crippen LogP contribution is 2.24. The zero-order valence-electron chi connectivity index (χ0n) is 15.3. The fraction of sp³-hybridized carbons (Fsp3) is 0.889. The maximum absolute atomic E-state index is 10.0. The molecule has 1 aliphatic rings. The number of methoxy groups -OCH3 is 2. The molecule has 23 heavy (non-hydrogen) atoms. The Hall–Kier alpha value is -0.940. The van der Waals surface area contributed by atoms with Crippen LogP contribution >= 0.6 is 0 Å². The Labute approximate surface area is 141 Å². The quantitative estimate of drug-likeness (QED) is 0.243. The van der Waals surface area contributed by atoms with E-state index in [0.717, 1.165) is 12.8 Å². The van der Waals surface area contributed by atoms with E-state index in [1.165, 1.54) is 44.9 Å². The molecule has 1 aliphatic heterocycles. The lowest BCUT2D eigenvalue weighted by molar-refractivity contribution is -0.212. The molecule has 0 amide bonds. The molecular weight excluding hydrogens is 296 g/mol. The third-order valence-corrected chi connectivity index (χ3v) is 4.20. The maximum atomic E-state index is 10.0. The molecule has 0 aromatic rings.